The van der Waals surface area contributed by atoms with Gasteiger partial charge in [0.05, 0.1) is 6.10 Å². The van der Waals surface area contributed by atoms with Gasteiger partial charge in [0.25, 0.3) is 5.56 Å². The number of H-pyrrole nitrogens is 2. The molecular formula is C15H17N5O7. The highest BCUT2D eigenvalue weighted by molar-refractivity contribution is 5.72. The van der Waals surface area contributed by atoms with E-state index in [9.17, 15) is 19.2 Å². The van der Waals surface area contributed by atoms with Crippen LogP contribution in [0.1, 0.15) is 27.0 Å². The van der Waals surface area contributed by atoms with Crippen molar-refractivity contribution in [2.45, 2.75) is 45.3 Å². The average molecular weight is 379 g/mol. The summed E-state index contributed by atoms with van der Waals surface area (Å²) in [6.45, 7) is 4.01. The molecule has 0 saturated carbocycles. The van der Waals surface area contributed by atoms with Crippen molar-refractivity contribution in [2.75, 3.05) is 0 Å². The van der Waals surface area contributed by atoms with Crippen LogP contribution in [-0.4, -0.2) is 49.8 Å². The van der Waals surface area contributed by atoms with Gasteiger partial charge in [-0.15, -0.1) is 0 Å². The third-order valence-corrected chi connectivity index (χ3v) is 4.03. The molecule has 0 unspecified atom stereocenters. The molecule has 0 aromatic carbocycles. The minimum absolute atomic E-state index is 0.0402. The Kier molecular flexibility index (Phi) is 4.66. The first-order valence-corrected chi connectivity index (χ1v) is 7.97. The summed E-state index contributed by atoms with van der Waals surface area (Å²) >= 11 is 0. The number of carbonyl (C=O) groups is 2. The predicted octanol–water partition coefficient (Wildman–Crippen LogP) is -1.33. The van der Waals surface area contributed by atoms with Crippen molar-refractivity contribution in [3.8, 4) is 0 Å². The van der Waals surface area contributed by atoms with E-state index in [2.05, 4.69) is 9.97 Å². The number of esters is 2. The maximum Gasteiger partial charge on any atom is 0.327 e. The number of aromatic nitrogens is 4. The van der Waals surface area contributed by atoms with Crippen molar-refractivity contribution in [1.29, 1.82) is 5.41 Å². The Morgan fingerprint density at radius 2 is 1.81 bits per heavy atom. The topological polar surface area (TPSA) is 169 Å². The van der Waals surface area contributed by atoms with E-state index in [0.29, 0.717) is 0 Å². The third-order valence-electron chi connectivity index (χ3n) is 4.03. The Morgan fingerprint density at radius 3 is 2.44 bits per heavy atom. The van der Waals surface area contributed by atoms with Crippen molar-refractivity contribution in [3.05, 3.63) is 32.7 Å². The summed E-state index contributed by atoms with van der Waals surface area (Å²) in [4.78, 5) is 55.0. The largest absolute Gasteiger partial charge is 0.456 e. The number of rotatable bonds is 3. The van der Waals surface area contributed by atoms with E-state index in [1.807, 2.05) is 4.98 Å². The van der Waals surface area contributed by atoms with Crippen molar-refractivity contribution in [3.63, 3.8) is 0 Å². The Bertz CT molecular complexity index is 1080. The monoisotopic (exact) mass is 379 g/mol. The molecule has 2 aromatic rings. The number of nitrogens with one attached hydrogen (secondary N) is 3. The van der Waals surface area contributed by atoms with Crippen LogP contribution in [0.5, 0.6) is 0 Å². The molecule has 1 fully saturated rings. The highest BCUT2D eigenvalue weighted by Gasteiger charge is 2.48. The molecule has 3 N–H and O–H groups in total. The fourth-order valence-corrected chi connectivity index (χ4v) is 3.02. The summed E-state index contributed by atoms with van der Waals surface area (Å²) in [6, 6.07) is 0. The second-order valence-electron chi connectivity index (χ2n) is 6.01. The predicted molar refractivity (Wildman–Crippen MR) is 87.5 cm³/mol. The molecule has 3 heterocycles. The van der Waals surface area contributed by atoms with Crippen LogP contribution in [0.2, 0.25) is 0 Å². The SMILES string of the molecule is CC(=O)O[C@@H]1[C@H](OC(C)=O)[C@@H](C)O[C@H]1n1cnc(=N)c2c(=O)[nH]c(=O)[nH]c21. The van der Waals surface area contributed by atoms with Crippen molar-refractivity contribution in [2.24, 2.45) is 0 Å². The zero-order valence-electron chi connectivity index (χ0n) is 14.6. The quantitative estimate of drug-likeness (QED) is 0.551. The van der Waals surface area contributed by atoms with Gasteiger partial charge in [0.1, 0.15) is 17.4 Å². The molecule has 1 aliphatic rings. The van der Waals surface area contributed by atoms with E-state index in [1.54, 1.807) is 6.92 Å². The number of ether oxygens (including phenoxy) is 3. The van der Waals surface area contributed by atoms with E-state index in [4.69, 9.17) is 19.6 Å². The Morgan fingerprint density at radius 1 is 1.19 bits per heavy atom. The lowest BCUT2D eigenvalue weighted by Gasteiger charge is -2.24. The molecule has 0 radical (unpaired) electrons. The van der Waals surface area contributed by atoms with Gasteiger partial charge in [-0.25, -0.2) is 9.78 Å². The van der Waals surface area contributed by atoms with Gasteiger partial charge in [-0.3, -0.25) is 34.3 Å². The standard InChI is InChI=1S/C15H17N5O7/c1-5-9(26-6(2)21)10(27-7(3)22)14(25-5)20-4-17-11(16)8-12(20)18-15(24)19-13(8)23/h4-5,9-10,14,16H,1-3H3,(H2,18,19,23,24)/t5-,9-,10-,14-/m1/s1. The molecule has 3 rings (SSSR count). The molecule has 1 saturated heterocycles. The summed E-state index contributed by atoms with van der Waals surface area (Å²) in [7, 11) is 0. The van der Waals surface area contributed by atoms with Crippen molar-refractivity contribution >= 4 is 23.0 Å². The van der Waals surface area contributed by atoms with Gasteiger partial charge >= 0.3 is 17.6 Å². The first-order valence-electron chi connectivity index (χ1n) is 7.97. The van der Waals surface area contributed by atoms with Crippen LogP contribution in [0, 0.1) is 5.41 Å². The minimum Gasteiger partial charge on any atom is -0.456 e. The molecule has 144 valence electrons. The van der Waals surface area contributed by atoms with Gasteiger partial charge in [-0.1, -0.05) is 0 Å². The van der Waals surface area contributed by atoms with Crippen LogP contribution in [0.3, 0.4) is 0 Å². The van der Waals surface area contributed by atoms with E-state index in [-0.39, 0.29) is 16.5 Å². The van der Waals surface area contributed by atoms with Gasteiger partial charge in [-0.05, 0) is 6.92 Å². The summed E-state index contributed by atoms with van der Waals surface area (Å²) < 4.78 is 17.5. The fourth-order valence-electron chi connectivity index (χ4n) is 3.02. The van der Waals surface area contributed by atoms with Crippen molar-refractivity contribution in [1.82, 2.24) is 19.5 Å². The number of nitrogens with zero attached hydrogens (tertiary/aromatic N) is 2. The van der Waals surface area contributed by atoms with E-state index in [0.717, 1.165) is 0 Å². The third kappa shape index (κ3) is 3.38. The molecule has 12 heteroatoms. The second-order valence-corrected chi connectivity index (χ2v) is 6.01. The summed E-state index contributed by atoms with van der Waals surface area (Å²) in [5, 5.41) is 7.64. The number of fused-ring (bicyclic) bond motifs is 1. The Labute approximate surface area is 150 Å². The van der Waals surface area contributed by atoms with E-state index < -0.39 is 47.7 Å². The van der Waals surface area contributed by atoms with Gasteiger partial charge in [0, 0.05) is 13.8 Å². The lowest BCUT2D eigenvalue weighted by atomic mass is 10.1. The summed E-state index contributed by atoms with van der Waals surface area (Å²) in [5.41, 5.74) is -1.99. The highest BCUT2D eigenvalue weighted by Crippen LogP contribution is 2.34. The zero-order valence-corrected chi connectivity index (χ0v) is 14.6. The zero-order chi connectivity index (χ0) is 19.9. The van der Waals surface area contributed by atoms with Crippen LogP contribution in [0.25, 0.3) is 11.0 Å². The smallest absolute Gasteiger partial charge is 0.327 e. The number of carbonyl (C=O) groups excluding carboxylic acids is 2. The lowest BCUT2D eigenvalue weighted by molar-refractivity contribution is -0.165. The van der Waals surface area contributed by atoms with Crippen LogP contribution < -0.4 is 16.7 Å². The van der Waals surface area contributed by atoms with E-state index in [1.165, 1.54) is 24.7 Å². The van der Waals surface area contributed by atoms with Crippen LogP contribution in [-0.2, 0) is 23.8 Å². The number of aromatic amines is 2. The maximum absolute atomic E-state index is 12.1. The molecule has 0 bridgehead atoms. The molecule has 12 nitrogen and oxygen atoms in total. The molecule has 0 aliphatic carbocycles. The molecular weight excluding hydrogens is 362 g/mol. The summed E-state index contributed by atoms with van der Waals surface area (Å²) in [6.07, 6.45) is -2.51. The minimum atomic E-state index is -1.06. The molecule has 4 atom stereocenters. The molecule has 0 spiro atoms. The maximum atomic E-state index is 12.1. The lowest BCUT2D eigenvalue weighted by Crippen LogP contribution is -2.39. The van der Waals surface area contributed by atoms with Crippen molar-refractivity contribution < 1.29 is 23.8 Å². The van der Waals surface area contributed by atoms with Gasteiger partial charge in [0.2, 0.25) is 0 Å². The Hall–Kier alpha value is -3.28. The van der Waals surface area contributed by atoms with Crippen LogP contribution in [0.4, 0.5) is 0 Å². The first kappa shape index (κ1) is 18.5. The Balaban J connectivity index is 2.19. The highest BCUT2D eigenvalue weighted by atomic mass is 16.6. The fraction of sp³-hybridized carbons (Fsp3) is 0.467. The average Bonchev–Trinajstić information content (AvgIpc) is 2.82. The van der Waals surface area contributed by atoms with E-state index >= 15 is 0 Å². The van der Waals surface area contributed by atoms with Crippen LogP contribution in [0.15, 0.2) is 15.9 Å². The summed E-state index contributed by atoms with van der Waals surface area (Å²) in [5.74, 6) is -1.23. The van der Waals surface area contributed by atoms with Gasteiger partial charge in [0.15, 0.2) is 23.9 Å². The molecule has 1 aliphatic heterocycles. The normalized spacial score (nSPS) is 24.7. The molecule has 2 aromatic heterocycles. The number of hydrogen-bond donors (Lipinski definition) is 3. The molecule has 0 amide bonds. The van der Waals surface area contributed by atoms with Gasteiger partial charge in [-0.2, -0.15) is 0 Å². The number of hydrogen-bond acceptors (Lipinski definition) is 9. The van der Waals surface area contributed by atoms with Crippen LogP contribution >= 0.6 is 0 Å². The molecule has 27 heavy (non-hydrogen) atoms. The first-order chi connectivity index (χ1) is 12.7. The second kappa shape index (κ2) is 6.79. The van der Waals surface area contributed by atoms with Gasteiger partial charge < -0.3 is 14.2 Å².